The van der Waals surface area contributed by atoms with Crippen molar-refractivity contribution in [1.82, 2.24) is 10.2 Å². The number of hydrogen-bond acceptors (Lipinski definition) is 2. The van der Waals surface area contributed by atoms with E-state index >= 15 is 0 Å². The molecule has 0 unspecified atom stereocenters. The van der Waals surface area contributed by atoms with Gasteiger partial charge in [-0.1, -0.05) is 12.8 Å². The molecular formula is C12H24N2O. The van der Waals surface area contributed by atoms with Crippen LogP contribution in [0.2, 0.25) is 0 Å². The molecule has 0 bridgehead atoms. The van der Waals surface area contributed by atoms with Gasteiger partial charge in [0.05, 0.1) is 0 Å². The van der Waals surface area contributed by atoms with Gasteiger partial charge in [0, 0.05) is 25.0 Å². The summed E-state index contributed by atoms with van der Waals surface area (Å²) < 4.78 is 0. The van der Waals surface area contributed by atoms with Crippen molar-refractivity contribution >= 4 is 5.91 Å². The van der Waals surface area contributed by atoms with Crippen LogP contribution in [-0.4, -0.2) is 36.0 Å². The lowest BCUT2D eigenvalue weighted by atomic mass is 9.88. The molecule has 1 amide bonds. The average Bonchev–Trinajstić information content (AvgIpc) is 2.17. The Labute approximate surface area is 93.2 Å². The van der Waals surface area contributed by atoms with Crippen molar-refractivity contribution in [2.24, 2.45) is 0 Å². The van der Waals surface area contributed by atoms with Crippen molar-refractivity contribution in [3.8, 4) is 0 Å². The molecule has 0 heterocycles. The monoisotopic (exact) mass is 212 g/mol. The third kappa shape index (κ3) is 2.94. The summed E-state index contributed by atoms with van der Waals surface area (Å²) in [6.07, 6.45) is 4.87. The standard InChI is InChI=1S/C12H24N2O/c1-9(2)14(10(3)15)12-8-6-5-7-11(12)13-4/h9,11-13H,5-8H2,1-4H3/t11-,12+/m0/s1. The van der Waals surface area contributed by atoms with E-state index in [2.05, 4.69) is 19.2 Å². The molecule has 15 heavy (non-hydrogen) atoms. The molecule has 2 atom stereocenters. The summed E-state index contributed by atoms with van der Waals surface area (Å²) in [6, 6.07) is 1.17. The van der Waals surface area contributed by atoms with E-state index in [9.17, 15) is 4.79 Å². The Balaban J connectivity index is 2.75. The van der Waals surface area contributed by atoms with Gasteiger partial charge in [0.1, 0.15) is 0 Å². The molecule has 3 heteroatoms. The van der Waals surface area contributed by atoms with E-state index in [-0.39, 0.29) is 5.91 Å². The fourth-order valence-corrected chi connectivity index (χ4v) is 2.76. The summed E-state index contributed by atoms with van der Waals surface area (Å²) in [7, 11) is 2.00. The van der Waals surface area contributed by atoms with Gasteiger partial charge in [0.2, 0.25) is 5.91 Å². The second-order valence-corrected chi connectivity index (χ2v) is 4.77. The van der Waals surface area contributed by atoms with Crippen LogP contribution < -0.4 is 5.32 Å². The first kappa shape index (κ1) is 12.5. The maximum absolute atomic E-state index is 11.6. The van der Waals surface area contributed by atoms with Crippen LogP contribution in [0.1, 0.15) is 46.5 Å². The Morgan fingerprint density at radius 2 is 1.93 bits per heavy atom. The van der Waals surface area contributed by atoms with Crippen LogP contribution in [0.3, 0.4) is 0 Å². The van der Waals surface area contributed by atoms with Gasteiger partial charge in [-0.05, 0) is 33.7 Å². The topological polar surface area (TPSA) is 32.3 Å². The van der Waals surface area contributed by atoms with E-state index < -0.39 is 0 Å². The minimum atomic E-state index is 0.206. The summed E-state index contributed by atoms with van der Waals surface area (Å²) in [5, 5.41) is 3.35. The predicted octanol–water partition coefficient (Wildman–Crippen LogP) is 1.77. The van der Waals surface area contributed by atoms with Crippen LogP contribution >= 0.6 is 0 Å². The molecule has 0 aromatic carbocycles. The Hall–Kier alpha value is -0.570. The van der Waals surface area contributed by atoms with E-state index in [1.807, 2.05) is 11.9 Å². The fourth-order valence-electron chi connectivity index (χ4n) is 2.76. The predicted molar refractivity (Wildman–Crippen MR) is 62.8 cm³/mol. The normalized spacial score (nSPS) is 26.7. The van der Waals surface area contributed by atoms with Gasteiger partial charge < -0.3 is 10.2 Å². The lowest BCUT2D eigenvalue weighted by molar-refractivity contribution is -0.134. The van der Waals surface area contributed by atoms with E-state index in [0.29, 0.717) is 18.1 Å². The molecule has 0 aliphatic heterocycles. The zero-order valence-electron chi connectivity index (χ0n) is 10.4. The highest BCUT2D eigenvalue weighted by atomic mass is 16.2. The molecule has 1 N–H and O–H groups in total. The number of likely N-dealkylation sites (N-methyl/N-ethyl adjacent to an activating group) is 1. The number of nitrogens with zero attached hydrogens (tertiary/aromatic N) is 1. The average molecular weight is 212 g/mol. The van der Waals surface area contributed by atoms with Gasteiger partial charge in [0.25, 0.3) is 0 Å². The molecule has 0 aromatic rings. The minimum absolute atomic E-state index is 0.206. The molecule has 0 aromatic heterocycles. The van der Waals surface area contributed by atoms with E-state index in [1.54, 1.807) is 6.92 Å². The lowest BCUT2D eigenvalue weighted by Crippen LogP contribution is -2.54. The Kier molecular flexibility index (Phi) is 4.58. The zero-order valence-corrected chi connectivity index (χ0v) is 10.4. The zero-order chi connectivity index (χ0) is 11.4. The molecule has 3 nitrogen and oxygen atoms in total. The lowest BCUT2D eigenvalue weighted by Gasteiger charge is -2.41. The molecule has 0 radical (unpaired) electrons. The van der Waals surface area contributed by atoms with Crippen molar-refractivity contribution in [1.29, 1.82) is 0 Å². The van der Waals surface area contributed by atoms with Crippen molar-refractivity contribution < 1.29 is 4.79 Å². The quantitative estimate of drug-likeness (QED) is 0.773. The van der Waals surface area contributed by atoms with E-state index in [4.69, 9.17) is 0 Å². The number of nitrogens with one attached hydrogen (secondary N) is 1. The van der Waals surface area contributed by atoms with Crippen LogP contribution in [0.15, 0.2) is 0 Å². The minimum Gasteiger partial charge on any atom is -0.336 e. The van der Waals surface area contributed by atoms with Gasteiger partial charge >= 0.3 is 0 Å². The summed E-state index contributed by atoms with van der Waals surface area (Å²) in [4.78, 5) is 13.7. The maximum atomic E-state index is 11.6. The van der Waals surface area contributed by atoms with Crippen LogP contribution in [0.5, 0.6) is 0 Å². The molecule has 1 fully saturated rings. The molecular weight excluding hydrogens is 188 g/mol. The highest BCUT2D eigenvalue weighted by molar-refractivity contribution is 5.74. The van der Waals surface area contributed by atoms with Crippen LogP contribution in [-0.2, 0) is 4.79 Å². The van der Waals surface area contributed by atoms with Crippen LogP contribution in [0.25, 0.3) is 0 Å². The second-order valence-electron chi connectivity index (χ2n) is 4.77. The van der Waals surface area contributed by atoms with Gasteiger partial charge in [-0.3, -0.25) is 4.79 Å². The van der Waals surface area contributed by atoms with Crippen molar-refractivity contribution in [3.63, 3.8) is 0 Å². The first-order chi connectivity index (χ1) is 7.07. The van der Waals surface area contributed by atoms with Crippen molar-refractivity contribution in [2.45, 2.75) is 64.6 Å². The third-order valence-electron chi connectivity index (χ3n) is 3.38. The number of carbonyl (C=O) groups is 1. The number of carbonyl (C=O) groups excluding carboxylic acids is 1. The maximum Gasteiger partial charge on any atom is 0.219 e. The van der Waals surface area contributed by atoms with Crippen LogP contribution in [0, 0.1) is 0 Å². The molecule has 1 rings (SSSR count). The fraction of sp³-hybridized carbons (Fsp3) is 0.917. The molecule has 1 saturated carbocycles. The summed E-state index contributed by atoms with van der Waals surface area (Å²) in [5.74, 6) is 0.206. The summed E-state index contributed by atoms with van der Waals surface area (Å²) >= 11 is 0. The summed E-state index contributed by atoms with van der Waals surface area (Å²) in [5.41, 5.74) is 0. The number of hydrogen-bond donors (Lipinski definition) is 1. The Morgan fingerprint density at radius 3 is 2.40 bits per heavy atom. The molecule has 1 aliphatic rings. The van der Waals surface area contributed by atoms with Gasteiger partial charge in [-0.15, -0.1) is 0 Å². The Morgan fingerprint density at radius 1 is 1.33 bits per heavy atom. The molecule has 0 spiro atoms. The molecule has 1 aliphatic carbocycles. The van der Waals surface area contributed by atoms with Gasteiger partial charge in [0.15, 0.2) is 0 Å². The van der Waals surface area contributed by atoms with E-state index in [1.165, 1.54) is 19.3 Å². The van der Waals surface area contributed by atoms with Crippen LogP contribution in [0.4, 0.5) is 0 Å². The number of amides is 1. The first-order valence-corrected chi connectivity index (χ1v) is 6.04. The molecule has 88 valence electrons. The highest BCUT2D eigenvalue weighted by Crippen LogP contribution is 2.24. The SMILES string of the molecule is CN[C@H]1CCCC[C@H]1N(C(C)=O)C(C)C. The summed E-state index contributed by atoms with van der Waals surface area (Å²) in [6.45, 7) is 5.88. The Bertz CT molecular complexity index is 216. The van der Waals surface area contributed by atoms with Crippen molar-refractivity contribution in [2.75, 3.05) is 7.05 Å². The highest BCUT2D eigenvalue weighted by Gasteiger charge is 2.31. The second kappa shape index (κ2) is 5.50. The number of rotatable bonds is 3. The van der Waals surface area contributed by atoms with E-state index in [0.717, 1.165) is 6.42 Å². The molecule has 0 saturated heterocycles. The van der Waals surface area contributed by atoms with Gasteiger partial charge in [-0.2, -0.15) is 0 Å². The first-order valence-electron chi connectivity index (χ1n) is 6.04. The third-order valence-corrected chi connectivity index (χ3v) is 3.38. The van der Waals surface area contributed by atoms with Gasteiger partial charge in [-0.25, -0.2) is 0 Å². The van der Waals surface area contributed by atoms with Crippen molar-refractivity contribution in [3.05, 3.63) is 0 Å². The smallest absolute Gasteiger partial charge is 0.219 e. The largest absolute Gasteiger partial charge is 0.336 e.